The number of nitrogens with one attached hydrogen (secondary N) is 1. The Labute approximate surface area is 131 Å². The van der Waals surface area contributed by atoms with Crippen LogP contribution in [0.2, 0.25) is 0 Å². The molecule has 5 nitrogen and oxygen atoms in total. The Bertz CT molecular complexity index is 608. The molecular weight excluding hydrogens is 336 g/mol. The van der Waals surface area contributed by atoms with Crippen LogP contribution in [0.4, 0.5) is 5.69 Å². The van der Waals surface area contributed by atoms with Crippen molar-refractivity contribution < 1.29 is 14.3 Å². The smallest absolute Gasteiger partial charge is 0.287 e. The lowest BCUT2D eigenvalue weighted by Gasteiger charge is -2.15. The van der Waals surface area contributed by atoms with E-state index in [1.807, 2.05) is 43.3 Å². The molecule has 112 valence electrons. The van der Waals surface area contributed by atoms with E-state index in [4.69, 9.17) is 4.42 Å². The Morgan fingerprint density at radius 1 is 1.29 bits per heavy atom. The number of anilines is 1. The van der Waals surface area contributed by atoms with Crippen molar-refractivity contribution in [1.82, 2.24) is 5.32 Å². The van der Waals surface area contributed by atoms with Gasteiger partial charge in [0.25, 0.3) is 5.91 Å². The minimum atomic E-state index is -0.761. The summed E-state index contributed by atoms with van der Waals surface area (Å²) in [5.74, 6) is -0.151. The van der Waals surface area contributed by atoms with Gasteiger partial charge in [-0.05, 0) is 45.8 Å². The molecule has 1 aromatic carbocycles. The number of halogens is 1. The number of furan rings is 1. The SMILES string of the molecule is CN(C)c1ccc(C(O)CNC(=O)c2ccc(Br)o2)cc1. The first-order valence-corrected chi connectivity index (χ1v) is 7.25. The molecule has 2 N–H and O–H groups in total. The van der Waals surface area contributed by atoms with E-state index in [0.29, 0.717) is 4.67 Å². The second-order valence-electron chi connectivity index (χ2n) is 4.82. The third kappa shape index (κ3) is 4.09. The molecule has 1 aromatic heterocycles. The molecule has 0 fully saturated rings. The second kappa shape index (κ2) is 6.78. The zero-order valence-electron chi connectivity index (χ0n) is 11.8. The first-order valence-electron chi connectivity index (χ1n) is 6.46. The zero-order valence-corrected chi connectivity index (χ0v) is 13.4. The summed E-state index contributed by atoms with van der Waals surface area (Å²) in [7, 11) is 3.90. The second-order valence-corrected chi connectivity index (χ2v) is 5.60. The van der Waals surface area contributed by atoms with Crippen LogP contribution in [-0.4, -0.2) is 31.7 Å². The van der Waals surface area contributed by atoms with Gasteiger partial charge in [0.05, 0.1) is 6.10 Å². The number of rotatable bonds is 5. The predicted molar refractivity (Wildman–Crippen MR) is 84.5 cm³/mol. The van der Waals surface area contributed by atoms with Crippen molar-refractivity contribution in [2.45, 2.75) is 6.10 Å². The van der Waals surface area contributed by atoms with Crippen LogP contribution in [0.5, 0.6) is 0 Å². The maximum Gasteiger partial charge on any atom is 0.287 e. The highest BCUT2D eigenvalue weighted by Crippen LogP contribution is 2.18. The number of aliphatic hydroxyl groups is 1. The summed E-state index contributed by atoms with van der Waals surface area (Å²) in [5.41, 5.74) is 1.80. The van der Waals surface area contributed by atoms with Crippen LogP contribution in [0.25, 0.3) is 0 Å². The Balaban J connectivity index is 1.92. The summed E-state index contributed by atoms with van der Waals surface area (Å²) >= 11 is 3.14. The summed E-state index contributed by atoms with van der Waals surface area (Å²) in [6.07, 6.45) is -0.761. The molecule has 0 spiro atoms. The summed E-state index contributed by atoms with van der Waals surface area (Å²) < 4.78 is 5.64. The summed E-state index contributed by atoms with van der Waals surface area (Å²) in [6.45, 7) is 0.123. The number of carbonyl (C=O) groups excluding carboxylic acids is 1. The summed E-state index contributed by atoms with van der Waals surface area (Å²) in [6, 6.07) is 10.7. The maximum absolute atomic E-state index is 11.8. The van der Waals surface area contributed by atoms with E-state index in [1.54, 1.807) is 12.1 Å². The fourth-order valence-corrected chi connectivity index (χ4v) is 2.13. The molecule has 0 saturated heterocycles. The van der Waals surface area contributed by atoms with E-state index in [0.717, 1.165) is 11.3 Å². The lowest BCUT2D eigenvalue weighted by molar-refractivity contribution is 0.0888. The molecule has 1 amide bonds. The van der Waals surface area contributed by atoms with Crippen LogP contribution in [0.15, 0.2) is 45.5 Å². The van der Waals surface area contributed by atoms with Crippen molar-refractivity contribution in [1.29, 1.82) is 0 Å². The van der Waals surface area contributed by atoms with Gasteiger partial charge in [-0.1, -0.05) is 12.1 Å². The normalized spacial score (nSPS) is 12.0. The van der Waals surface area contributed by atoms with E-state index < -0.39 is 6.10 Å². The molecule has 0 bridgehead atoms. The quantitative estimate of drug-likeness (QED) is 0.867. The molecule has 2 aromatic rings. The van der Waals surface area contributed by atoms with Gasteiger partial charge < -0.3 is 19.7 Å². The van der Waals surface area contributed by atoms with Gasteiger partial charge >= 0.3 is 0 Å². The van der Waals surface area contributed by atoms with Crippen LogP contribution < -0.4 is 10.2 Å². The Kier molecular flexibility index (Phi) is 5.03. The first-order chi connectivity index (χ1) is 9.97. The monoisotopic (exact) mass is 352 g/mol. The van der Waals surface area contributed by atoms with Crippen LogP contribution >= 0.6 is 15.9 Å². The van der Waals surface area contributed by atoms with E-state index in [2.05, 4.69) is 21.2 Å². The zero-order chi connectivity index (χ0) is 15.4. The first kappa shape index (κ1) is 15.6. The van der Waals surface area contributed by atoms with Crippen LogP contribution in [0.3, 0.4) is 0 Å². The molecule has 0 saturated carbocycles. The van der Waals surface area contributed by atoms with Crippen molar-refractivity contribution >= 4 is 27.5 Å². The van der Waals surface area contributed by atoms with E-state index in [1.165, 1.54) is 0 Å². The number of hydrogen-bond donors (Lipinski definition) is 2. The Hall–Kier alpha value is -1.79. The molecule has 0 radical (unpaired) electrons. The van der Waals surface area contributed by atoms with Gasteiger partial charge in [-0.3, -0.25) is 4.79 Å². The fraction of sp³-hybridized carbons (Fsp3) is 0.267. The lowest BCUT2D eigenvalue weighted by atomic mass is 10.1. The van der Waals surface area contributed by atoms with E-state index in [9.17, 15) is 9.90 Å². The summed E-state index contributed by atoms with van der Waals surface area (Å²) in [5, 5.41) is 12.7. The molecule has 2 rings (SSSR count). The highest BCUT2D eigenvalue weighted by atomic mass is 79.9. The molecule has 6 heteroatoms. The topological polar surface area (TPSA) is 65.7 Å². The number of hydrogen-bond acceptors (Lipinski definition) is 4. The predicted octanol–water partition coefficient (Wildman–Crippen LogP) is 2.57. The third-order valence-corrected chi connectivity index (χ3v) is 3.47. The Morgan fingerprint density at radius 3 is 2.48 bits per heavy atom. The standard InChI is InChI=1S/C15H17BrN2O3/c1-18(2)11-5-3-10(4-6-11)12(19)9-17-15(20)13-7-8-14(16)21-13/h3-8,12,19H,9H2,1-2H3,(H,17,20). The van der Waals surface area contributed by atoms with Crippen molar-refractivity contribution in [3.8, 4) is 0 Å². The maximum atomic E-state index is 11.8. The largest absolute Gasteiger partial charge is 0.444 e. The average molecular weight is 353 g/mol. The Morgan fingerprint density at radius 2 is 1.95 bits per heavy atom. The van der Waals surface area contributed by atoms with Gasteiger partial charge in [0.2, 0.25) is 0 Å². The van der Waals surface area contributed by atoms with E-state index in [-0.39, 0.29) is 18.2 Å². The van der Waals surface area contributed by atoms with E-state index >= 15 is 0 Å². The van der Waals surface area contributed by atoms with Crippen molar-refractivity contribution in [2.75, 3.05) is 25.5 Å². The van der Waals surface area contributed by atoms with Gasteiger partial charge in [0.1, 0.15) is 0 Å². The van der Waals surface area contributed by atoms with Crippen LogP contribution in [0.1, 0.15) is 22.2 Å². The molecule has 0 aliphatic heterocycles. The number of benzene rings is 1. The number of amides is 1. The average Bonchev–Trinajstić information content (AvgIpc) is 2.91. The lowest BCUT2D eigenvalue weighted by Crippen LogP contribution is -2.28. The van der Waals surface area contributed by atoms with Crippen LogP contribution in [-0.2, 0) is 0 Å². The van der Waals surface area contributed by atoms with Gasteiger partial charge in [-0.15, -0.1) is 0 Å². The van der Waals surface area contributed by atoms with Gasteiger partial charge in [0, 0.05) is 26.3 Å². The minimum Gasteiger partial charge on any atom is -0.444 e. The molecule has 0 aliphatic rings. The molecule has 1 atom stereocenters. The fourth-order valence-electron chi connectivity index (χ4n) is 1.83. The minimum absolute atomic E-state index is 0.123. The number of carbonyl (C=O) groups is 1. The molecule has 1 heterocycles. The van der Waals surface area contributed by atoms with Crippen molar-refractivity contribution in [3.05, 3.63) is 52.4 Å². The molecule has 1 unspecified atom stereocenters. The van der Waals surface area contributed by atoms with Gasteiger partial charge in [-0.25, -0.2) is 0 Å². The third-order valence-electron chi connectivity index (χ3n) is 3.05. The molecular formula is C15H17BrN2O3. The molecule has 21 heavy (non-hydrogen) atoms. The van der Waals surface area contributed by atoms with Crippen molar-refractivity contribution in [3.63, 3.8) is 0 Å². The highest BCUT2D eigenvalue weighted by molar-refractivity contribution is 9.10. The van der Waals surface area contributed by atoms with Gasteiger partial charge in [-0.2, -0.15) is 0 Å². The molecule has 0 aliphatic carbocycles. The number of nitrogens with zero attached hydrogens (tertiary/aromatic N) is 1. The number of aliphatic hydroxyl groups excluding tert-OH is 1. The summed E-state index contributed by atoms with van der Waals surface area (Å²) in [4.78, 5) is 13.8. The van der Waals surface area contributed by atoms with Crippen LogP contribution in [0, 0.1) is 0 Å². The highest BCUT2D eigenvalue weighted by Gasteiger charge is 2.13. The van der Waals surface area contributed by atoms with Gasteiger partial charge in [0.15, 0.2) is 10.4 Å². The van der Waals surface area contributed by atoms with Crippen molar-refractivity contribution in [2.24, 2.45) is 0 Å².